The predicted octanol–water partition coefficient (Wildman–Crippen LogP) is 4.53. The molecule has 2 aromatic carbocycles. The molecule has 5 nitrogen and oxygen atoms in total. The highest BCUT2D eigenvalue weighted by Crippen LogP contribution is 2.21. The van der Waals surface area contributed by atoms with E-state index in [1.54, 1.807) is 0 Å². The molecule has 1 aromatic heterocycles. The predicted molar refractivity (Wildman–Crippen MR) is 105 cm³/mol. The molecule has 0 fully saturated rings. The molecule has 0 saturated heterocycles. The second kappa shape index (κ2) is 8.19. The van der Waals surface area contributed by atoms with E-state index in [0.717, 1.165) is 22.4 Å². The van der Waals surface area contributed by atoms with Crippen LogP contribution in [0.3, 0.4) is 0 Å². The lowest BCUT2D eigenvalue weighted by molar-refractivity contribution is -0.113. The number of rotatable bonds is 6. The van der Waals surface area contributed by atoms with Gasteiger partial charge >= 0.3 is 0 Å². The Morgan fingerprint density at radius 1 is 1.08 bits per heavy atom. The lowest BCUT2D eigenvalue weighted by Crippen LogP contribution is -2.15. The topological polar surface area (TPSA) is 68.0 Å². The number of nitrogens with zero attached hydrogens (tertiary/aromatic N) is 2. The summed E-state index contributed by atoms with van der Waals surface area (Å²) in [5.41, 5.74) is 5.11. The van der Waals surface area contributed by atoms with Crippen LogP contribution < -0.4 is 5.32 Å². The number of para-hydroxylation sites is 1. The van der Waals surface area contributed by atoms with Crippen LogP contribution in [0.4, 0.5) is 5.69 Å². The van der Waals surface area contributed by atoms with Gasteiger partial charge in [-0.15, -0.1) is 11.8 Å². The standard InChI is InChI=1S/C20H21N3O2S/c1-13-7-9-16(10-8-13)20-22-18(25-23-20)12-26-11-17(24)21-19-14(2)5-4-6-15(19)3/h4-10H,11-12H2,1-3H3,(H,21,24). The Bertz CT molecular complexity index is 883. The van der Waals surface area contributed by atoms with Gasteiger partial charge in [0.25, 0.3) is 0 Å². The van der Waals surface area contributed by atoms with Gasteiger partial charge in [-0.2, -0.15) is 4.98 Å². The first-order chi connectivity index (χ1) is 12.5. The zero-order chi connectivity index (χ0) is 18.5. The lowest BCUT2D eigenvalue weighted by atomic mass is 10.1. The number of aryl methyl sites for hydroxylation is 3. The minimum atomic E-state index is -0.0364. The number of nitrogens with one attached hydrogen (secondary N) is 1. The molecule has 1 amide bonds. The van der Waals surface area contributed by atoms with Gasteiger partial charge in [0.15, 0.2) is 0 Å². The Hall–Kier alpha value is -2.60. The molecule has 0 aliphatic rings. The van der Waals surface area contributed by atoms with Gasteiger partial charge in [0.2, 0.25) is 17.6 Å². The van der Waals surface area contributed by atoms with Crippen LogP contribution in [0, 0.1) is 20.8 Å². The molecule has 0 atom stereocenters. The van der Waals surface area contributed by atoms with Crippen molar-refractivity contribution in [2.75, 3.05) is 11.1 Å². The lowest BCUT2D eigenvalue weighted by Gasteiger charge is -2.10. The minimum Gasteiger partial charge on any atom is -0.338 e. The maximum Gasteiger partial charge on any atom is 0.236 e. The fourth-order valence-corrected chi connectivity index (χ4v) is 3.20. The third-order valence-corrected chi connectivity index (χ3v) is 4.90. The number of anilines is 1. The molecule has 0 unspecified atom stereocenters. The molecule has 0 aliphatic heterocycles. The fraction of sp³-hybridized carbons (Fsp3) is 0.250. The average Bonchev–Trinajstić information content (AvgIpc) is 3.08. The smallest absolute Gasteiger partial charge is 0.236 e. The van der Waals surface area contributed by atoms with Gasteiger partial charge in [-0.05, 0) is 31.9 Å². The molecule has 0 saturated carbocycles. The molecular formula is C20H21N3O2S. The van der Waals surface area contributed by atoms with Crippen molar-refractivity contribution >= 4 is 23.4 Å². The number of hydrogen-bond donors (Lipinski definition) is 1. The van der Waals surface area contributed by atoms with Crippen molar-refractivity contribution < 1.29 is 9.32 Å². The normalized spacial score (nSPS) is 10.7. The van der Waals surface area contributed by atoms with E-state index in [0.29, 0.717) is 23.2 Å². The fourth-order valence-electron chi connectivity index (χ4n) is 2.55. The van der Waals surface area contributed by atoms with E-state index in [-0.39, 0.29) is 5.91 Å². The van der Waals surface area contributed by atoms with Crippen molar-refractivity contribution in [2.45, 2.75) is 26.5 Å². The van der Waals surface area contributed by atoms with E-state index in [1.807, 2.05) is 63.2 Å². The van der Waals surface area contributed by atoms with Gasteiger partial charge in [0.05, 0.1) is 11.5 Å². The number of amides is 1. The molecule has 3 rings (SSSR count). The molecule has 6 heteroatoms. The quantitative estimate of drug-likeness (QED) is 0.693. The summed E-state index contributed by atoms with van der Waals surface area (Å²) < 4.78 is 5.27. The summed E-state index contributed by atoms with van der Waals surface area (Å²) in [7, 11) is 0. The van der Waals surface area contributed by atoms with Gasteiger partial charge in [0, 0.05) is 11.3 Å². The van der Waals surface area contributed by atoms with E-state index < -0.39 is 0 Å². The molecule has 134 valence electrons. The Balaban J connectivity index is 1.52. The molecule has 1 N–H and O–H groups in total. The number of aromatic nitrogens is 2. The summed E-state index contributed by atoms with van der Waals surface area (Å²) in [5, 5.41) is 6.98. The summed E-state index contributed by atoms with van der Waals surface area (Å²) >= 11 is 1.45. The average molecular weight is 367 g/mol. The van der Waals surface area contributed by atoms with E-state index in [4.69, 9.17) is 4.52 Å². The molecule has 0 radical (unpaired) electrons. The monoisotopic (exact) mass is 367 g/mol. The third-order valence-electron chi connectivity index (χ3n) is 3.98. The Labute approximate surface area is 157 Å². The maximum atomic E-state index is 12.2. The van der Waals surface area contributed by atoms with Crippen LogP contribution >= 0.6 is 11.8 Å². The van der Waals surface area contributed by atoms with Crippen molar-refractivity contribution in [2.24, 2.45) is 0 Å². The number of thioether (sulfide) groups is 1. The molecular weight excluding hydrogens is 346 g/mol. The van der Waals surface area contributed by atoms with Crippen molar-refractivity contribution in [3.8, 4) is 11.4 Å². The first kappa shape index (κ1) is 18.2. The van der Waals surface area contributed by atoms with Crippen LogP contribution in [0.1, 0.15) is 22.6 Å². The zero-order valence-electron chi connectivity index (χ0n) is 15.1. The molecule has 26 heavy (non-hydrogen) atoms. The third kappa shape index (κ3) is 4.52. The van der Waals surface area contributed by atoms with Crippen molar-refractivity contribution in [3.05, 3.63) is 65.0 Å². The molecule has 0 aliphatic carbocycles. The summed E-state index contributed by atoms with van der Waals surface area (Å²) in [5.74, 6) is 1.88. The highest BCUT2D eigenvalue weighted by atomic mass is 32.2. The summed E-state index contributed by atoms with van der Waals surface area (Å²) in [4.78, 5) is 16.6. The highest BCUT2D eigenvalue weighted by Gasteiger charge is 2.11. The van der Waals surface area contributed by atoms with Gasteiger partial charge in [0.1, 0.15) is 0 Å². The number of benzene rings is 2. The van der Waals surface area contributed by atoms with Crippen LogP contribution in [0.5, 0.6) is 0 Å². The molecule has 0 bridgehead atoms. The first-order valence-corrected chi connectivity index (χ1v) is 9.52. The number of carbonyl (C=O) groups is 1. The molecule has 1 heterocycles. The van der Waals surface area contributed by atoms with Crippen LogP contribution in [0.25, 0.3) is 11.4 Å². The van der Waals surface area contributed by atoms with E-state index in [2.05, 4.69) is 15.5 Å². The van der Waals surface area contributed by atoms with Gasteiger partial charge in [-0.1, -0.05) is 53.2 Å². The van der Waals surface area contributed by atoms with Crippen molar-refractivity contribution in [1.82, 2.24) is 10.1 Å². The summed E-state index contributed by atoms with van der Waals surface area (Å²) in [6, 6.07) is 13.9. The number of hydrogen-bond acceptors (Lipinski definition) is 5. The Morgan fingerprint density at radius 3 is 2.46 bits per heavy atom. The summed E-state index contributed by atoms with van der Waals surface area (Å²) in [6.07, 6.45) is 0. The van der Waals surface area contributed by atoms with E-state index in [1.165, 1.54) is 17.3 Å². The van der Waals surface area contributed by atoms with Crippen LogP contribution in [-0.2, 0) is 10.5 Å². The summed E-state index contributed by atoms with van der Waals surface area (Å²) in [6.45, 7) is 6.01. The molecule has 3 aromatic rings. The van der Waals surface area contributed by atoms with Crippen LogP contribution in [-0.4, -0.2) is 21.8 Å². The van der Waals surface area contributed by atoms with E-state index in [9.17, 15) is 4.79 Å². The largest absolute Gasteiger partial charge is 0.338 e. The van der Waals surface area contributed by atoms with Gasteiger partial charge in [-0.3, -0.25) is 4.79 Å². The van der Waals surface area contributed by atoms with Crippen LogP contribution in [0.2, 0.25) is 0 Å². The second-order valence-electron chi connectivity index (χ2n) is 6.19. The van der Waals surface area contributed by atoms with Crippen molar-refractivity contribution in [1.29, 1.82) is 0 Å². The maximum absolute atomic E-state index is 12.2. The highest BCUT2D eigenvalue weighted by molar-refractivity contribution is 7.99. The molecule has 0 spiro atoms. The first-order valence-electron chi connectivity index (χ1n) is 8.36. The zero-order valence-corrected chi connectivity index (χ0v) is 15.9. The number of carbonyl (C=O) groups excluding carboxylic acids is 1. The Kier molecular flexibility index (Phi) is 5.73. The van der Waals surface area contributed by atoms with Gasteiger partial charge < -0.3 is 9.84 Å². The van der Waals surface area contributed by atoms with Crippen LogP contribution in [0.15, 0.2) is 47.0 Å². The SMILES string of the molecule is Cc1ccc(-c2noc(CSCC(=O)Nc3c(C)cccc3C)n2)cc1. The Morgan fingerprint density at radius 2 is 1.77 bits per heavy atom. The van der Waals surface area contributed by atoms with Gasteiger partial charge in [-0.25, -0.2) is 0 Å². The minimum absolute atomic E-state index is 0.0364. The second-order valence-corrected chi connectivity index (χ2v) is 7.17. The van der Waals surface area contributed by atoms with Crippen molar-refractivity contribution in [3.63, 3.8) is 0 Å². The van der Waals surface area contributed by atoms with E-state index >= 15 is 0 Å².